The van der Waals surface area contributed by atoms with Crippen LogP contribution in [0.1, 0.15) is 28.4 Å². The molecule has 0 bridgehead atoms. The second-order valence-corrected chi connectivity index (χ2v) is 7.77. The van der Waals surface area contributed by atoms with E-state index in [1.807, 2.05) is 65.5 Å². The van der Waals surface area contributed by atoms with Gasteiger partial charge in [-0.15, -0.1) is 0 Å². The predicted molar refractivity (Wildman–Crippen MR) is 134 cm³/mol. The lowest BCUT2D eigenvalue weighted by Gasteiger charge is -2.07. The van der Waals surface area contributed by atoms with Gasteiger partial charge < -0.3 is 10.1 Å². The van der Waals surface area contributed by atoms with Crippen molar-refractivity contribution in [3.8, 4) is 17.0 Å². The normalized spacial score (nSPS) is 10.9. The SMILES string of the molecule is COc1ccccc1-c1nn(Cc2ccccc2)cc1/C=C/C(=O)Nc1ccc(C(C)=O)cc1. The number of nitrogens with one attached hydrogen (secondary N) is 1. The maximum atomic E-state index is 12.6. The van der Waals surface area contributed by atoms with E-state index in [0.717, 1.165) is 22.4 Å². The van der Waals surface area contributed by atoms with Gasteiger partial charge in [-0.05, 0) is 55.0 Å². The molecule has 1 heterocycles. The number of aromatic nitrogens is 2. The second-order valence-electron chi connectivity index (χ2n) is 7.77. The summed E-state index contributed by atoms with van der Waals surface area (Å²) in [6.45, 7) is 2.11. The van der Waals surface area contributed by atoms with Gasteiger partial charge in [-0.2, -0.15) is 5.10 Å². The third kappa shape index (κ3) is 5.48. The average Bonchev–Trinajstić information content (AvgIpc) is 3.26. The van der Waals surface area contributed by atoms with Gasteiger partial charge in [0.25, 0.3) is 0 Å². The van der Waals surface area contributed by atoms with E-state index in [1.54, 1.807) is 37.5 Å². The number of methoxy groups -OCH3 is 1. The van der Waals surface area contributed by atoms with Crippen LogP contribution in [0.2, 0.25) is 0 Å². The highest BCUT2D eigenvalue weighted by molar-refractivity contribution is 6.03. The van der Waals surface area contributed by atoms with Gasteiger partial charge >= 0.3 is 0 Å². The number of nitrogens with zero attached hydrogens (tertiary/aromatic N) is 2. The fourth-order valence-electron chi connectivity index (χ4n) is 3.60. The topological polar surface area (TPSA) is 73.2 Å². The highest BCUT2D eigenvalue weighted by Crippen LogP contribution is 2.31. The number of hydrogen-bond acceptors (Lipinski definition) is 4. The largest absolute Gasteiger partial charge is 0.496 e. The quantitative estimate of drug-likeness (QED) is 0.285. The van der Waals surface area contributed by atoms with Crippen molar-refractivity contribution in [2.24, 2.45) is 0 Å². The van der Waals surface area contributed by atoms with Gasteiger partial charge in [0.2, 0.25) is 5.91 Å². The summed E-state index contributed by atoms with van der Waals surface area (Å²) in [5.41, 5.74) is 4.70. The Morgan fingerprint density at radius 1 is 0.971 bits per heavy atom. The summed E-state index contributed by atoms with van der Waals surface area (Å²) in [6.07, 6.45) is 5.14. The Bertz CT molecular complexity index is 1320. The van der Waals surface area contributed by atoms with Crippen LogP contribution in [0.5, 0.6) is 5.75 Å². The van der Waals surface area contributed by atoms with Crippen LogP contribution in [0.25, 0.3) is 17.3 Å². The van der Waals surface area contributed by atoms with E-state index in [1.165, 1.54) is 13.0 Å². The van der Waals surface area contributed by atoms with Gasteiger partial charge in [-0.1, -0.05) is 42.5 Å². The van der Waals surface area contributed by atoms with Crippen molar-refractivity contribution in [2.75, 3.05) is 12.4 Å². The zero-order chi connectivity index (χ0) is 23.9. The van der Waals surface area contributed by atoms with Crippen molar-refractivity contribution < 1.29 is 14.3 Å². The Morgan fingerprint density at radius 3 is 2.38 bits per heavy atom. The van der Waals surface area contributed by atoms with E-state index in [9.17, 15) is 9.59 Å². The molecule has 0 aliphatic carbocycles. The second kappa shape index (κ2) is 10.4. The number of carbonyl (C=O) groups is 2. The van der Waals surface area contributed by atoms with Crippen molar-refractivity contribution in [3.63, 3.8) is 0 Å². The van der Waals surface area contributed by atoms with Crippen molar-refractivity contribution in [2.45, 2.75) is 13.5 Å². The summed E-state index contributed by atoms with van der Waals surface area (Å²) in [4.78, 5) is 24.0. The lowest BCUT2D eigenvalue weighted by atomic mass is 10.1. The number of Topliss-reactive ketones (excluding diaryl/α,β-unsaturated/α-hetero) is 1. The van der Waals surface area contributed by atoms with Gasteiger partial charge in [0.15, 0.2) is 5.78 Å². The minimum Gasteiger partial charge on any atom is -0.496 e. The third-order valence-corrected chi connectivity index (χ3v) is 5.31. The summed E-state index contributed by atoms with van der Waals surface area (Å²) in [5.74, 6) is 0.406. The molecule has 0 unspecified atom stereocenters. The third-order valence-electron chi connectivity index (χ3n) is 5.31. The number of ketones is 1. The van der Waals surface area contributed by atoms with Crippen molar-refractivity contribution in [1.29, 1.82) is 0 Å². The predicted octanol–water partition coefficient (Wildman–Crippen LogP) is 5.46. The van der Waals surface area contributed by atoms with Gasteiger partial charge in [0, 0.05) is 34.7 Å². The number of benzene rings is 3. The maximum absolute atomic E-state index is 12.6. The van der Waals surface area contributed by atoms with Crippen LogP contribution in [0, 0.1) is 0 Å². The summed E-state index contributed by atoms with van der Waals surface area (Å²) < 4.78 is 7.39. The molecular weight excluding hydrogens is 426 g/mol. The van der Waals surface area contributed by atoms with E-state index in [-0.39, 0.29) is 11.7 Å². The molecular formula is C28H25N3O3. The van der Waals surface area contributed by atoms with Crippen molar-refractivity contribution >= 4 is 23.5 Å². The Balaban J connectivity index is 1.60. The summed E-state index contributed by atoms with van der Waals surface area (Å²) in [6, 6.07) is 24.5. The number of amides is 1. The minimum absolute atomic E-state index is 0.0193. The summed E-state index contributed by atoms with van der Waals surface area (Å²) in [7, 11) is 1.63. The molecule has 1 N–H and O–H groups in total. The van der Waals surface area contributed by atoms with Gasteiger partial charge in [0.1, 0.15) is 11.4 Å². The smallest absolute Gasteiger partial charge is 0.248 e. The monoisotopic (exact) mass is 451 g/mol. The lowest BCUT2D eigenvalue weighted by molar-refractivity contribution is -0.111. The van der Waals surface area contributed by atoms with Gasteiger partial charge in [0.05, 0.1) is 13.7 Å². The Kier molecular flexibility index (Phi) is 6.98. The number of para-hydroxylation sites is 1. The number of hydrogen-bond donors (Lipinski definition) is 1. The first kappa shape index (κ1) is 22.7. The molecule has 34 heavy (non-hydrogen) atoms. The van der Waals surface area contributed by atoms with Gasteiger partial charge in [-0.3, -0.25) is 14.3 Å². The molecule has 3 aromatic carbocycles. The number of rotatable bonds is 8. The van der Waals surface area contributed by atoms with Crippen LogP contribution in [0.4, 0.5) is 5.69 Å². The first-order valence-electron chi connectivity index (χ1n) is 10.9. The molecule has 0 fully saturated rings. The van der Waals surface area contributed by atoms with Gasteiger partial charge in [-0.25, -0.2) is 0 Å². The van der Waals surface area contributed by atoms with Crippen LogP contribution in [-0.4, -0.2) is 28.6 Å². The zero-order valence-corrected chi connectivity index (χ0v) is 19.1. The van der Waals surface area contributed by atoms with E-state index >= 15 is 0 Å². The molecule has 0 aliphatic rings. The highest BCUT2D eigenvalue weighted by Gasteiger charge is 2.14. The fraction of sp³-hybridized carbons (Fsp3) is 0.107. The molecule has 0 saturated carbocycles. The minimum atomic E-state index is -0.280. The standard InChI is InChI=1S/C28H25N3O3/c1-20(32)22-12-15-24(16-13-22)29-27(33)17-14-23-19-31(18-21-8-4-3-5-9-21)30-28(23)25-10-6-7-11-26(25)34-2/h3-17,19H,18H2,1-2H3,(H,29,33)/b17-14+. The molecule has 0 radical (unpaired) electrons. The lowest BCUT2D eigenvalue weighted by Crippen LogP contribution is -2.07. The first-order valence-corrected chi connectivity index (χ1v) is 10.9. The highest BCUT2D eigenvalue weighted by atomic mass is 16.5. The molecule has 0 aliphatic heterocycles. The molecule has 0 atom stereocenters. The van der Waals surface area contributed by atoms with Crippen LogP contribution in [0.15, 0.2) is 91.1 Å². The molecule has 1 aromatic heterocycles. The molecule has 1 amide bonds. The van der Waals surface area contributed by atoms with E-state index in [4.69, 9.17) is 9.84 Å². The maximum Gasteiger partial charge on any atom is 0.248 e. The number of ether oxygens (including phenoxy) is 1. The van der Waals surface area contributed by atoms with Crippen molar-refractivity contribution in [1.82, 2.24) is 9.78 Å². The van der Waals surface area contributed by atoms with E-state index in [2.05, 4.69) is 5.32 Å². The zero-order valence-electron chi connectivity index (χ0n) is 19.1. The van der Waals surface area contributed by atoms with Crippen LogP contribution < -0.4 is 10.1 Å². The van der Waals surface area contributed by atoms with Crippen LogP contribution >= 0.6 is 0 Å². The Hall–Kier alpha value is -4.45. The molecule has 6 nitrogen and oxygen atoms in total. The molecule has 170 valence electrons. The Labute approximate surface area is 198 Å². The number of carbonyl (C=O) groups excluding carboxylic acids is 2. The van der Waals surface area contributed by atoms with Crippen LogP contribution in [0.3, 0.4) is 0 Å². The number of anilines is 1. The Morgan fingerprint density at radius 2 is 1.68 bits per heavy atom. The van der Waals surface area contributed by atoms with E-state index < -0.39 is 0 Å². The molecule has 0 saturated heterocycles. The molecule has 6 heteroatoms. The molecule has 4 aromatic rings. The summed E-state index contributed by atoms with van der Waals surface area (Å²) in [5, 5.41) is 7.61. The van der Waals surface area contributed by atoms with Crippen LogP contribution in [-0.2, 0) is 11.3 Å². The van der Waals surface area contributed by atoms with Crippen molar-refractivity contribution in [3.05, 3.63) is 108 Å². The first-order chi connectivity index (χ1) is 16.5. The van der Waals surface area contributed by atoms with E-state index in [0.29, 0.717) is 23.5 Å². The molecule has 0 spiro atoms. The molecule has 4 rings (SSSR count). The fourth-order valence-corrected chi connectivity index (χ4v) is 3.60. The summed E-state index contributed by atoms with van der Waals surface area (Å²) >= 11 is 0. The average molecular weight is 452 g/mol.